The van der Waals surface area contributed by atoms with E-state index in [1.807, 2.05) is 0 Å². The minimum atomic E-state index is 0.250. The van der Waals surface area contributed by atoms with Gasteiger partial charge in [0, 0.05) is 5.38 Å². The zero-order valence-electron chi connectivity index (χ0n) is 12.1. The van der Waals surface area contributed by atoms with Crippen LogP contribution in [0, 0.1) is 5.92 Å². The highest BCUT2D eigenvalue weighted by Crippen LogP contribution is 2.24. The van der Waals surface area contributed by atoms with E-state index in [-0.39, 0.29) is 5.38 Å². The van der Waals surface area contributed by atoms with Crippen molar-refractivity contribution in [3.63, 3.8) is 0 Å². The van der Waals surface area contributed by atoms with Crippen LogP contribution in [0.25, 0.3) is 0 Å². The Bertz CT molecular complexity index is 436. The monoisotopic (exact) mass is 286 g/mol. The predicted octanol–water partition coefficient (Wildman–Crippen LogP) is 5.50. The summed E-state index contributed by atoms with van der Waals surface area (Å²) in [5, 5.41) is 0.250. The Labute approximate surface area is 127 Å². The third-order valence-electron chi connectivity index (χ3n) is 3.76. The van der Waals surface area contributed by atoms with Gasteiger partial charge in [0.05, 0.1) is 0 Å². The van der Waals surface area contributed by atoms with E-state index >= 15 is 0 Å². The second kappa shape index (κ2) is 8.11. The average molecular weight is 287 g/mol. The molecule has 0 spiro atoms. The Morgan fingerprint density at radius 3 is 1.65 bits per heavy atom. The van der Waals surface area contributed by atoms with Gasteiger partial charge in [0.2, 0.25) is 0 Å². The lowest BCUT2D eigenvalue weighted by Gasteiger charge is -2.22. The van der Waals surface area contributed by atoms with E-state index in [2.05, 4.69) is 67.6 Å². The summed E-state index contributed by atoms with van der Waals surface area (Å²) in [5.74, 6) is 0.501. The number of rotatable bonds is 7. The largest absolute Gasteiger partial charge is 0.123 e. The van der Waals surface area contributed by atoms with Gasteiger partial charge in [0.25, 0.3) is 0 Å². The molecule has 1 atom stereocenters. The lowest BCUT2D eigenvalue weighted by Crippen LogP contribution is -2.20. The van der Waals surface area contributed by atoms with Crippen molar-refractivity contribution in [1.29, 1.82) is 0 Å². The maximum atomic E-state index is 6.65. The lowest BCUT2D eigenvalue weighted by atomic mass is 9.88. The Hall–Kier alpha value is -1.27. The van der Waals surface area contributed by atoms with Crippen molar-refractivity contribution in [2.24, 2.45) is 5.92 Å². The van der Waals surface area contributed by atoms with Crippen molar-refractivity contribution in [3.05, 3.63) is 71.8 Å². The Kier molecular flexibility index (Phi) is 6.14. The van der Waals surface area contributed by atoms with Crippen LogP contribution in [0.2, 0.25) is 0 Å². The van der Waals surface area contributed by atoms with E-state index in [0.717, 1.165) is 25.7 Å². The molecule has 0 heterocycles. The molecule has 0 aliphatic rings. The van der Waals surface area contributed by atoms with Gasteiger partial charge in [-0.2, -0.15) is 0 Å². The fourth-order valence-corrected chi connectivity index (χ4v) is 3.07. The molecule has 0 fully saturated rings. The van der Waals surface area contributed by atoms with Gasteiger partial charge in [-0.25, -0.2) is 0 Å². The summed E-state index contributed by atoms with van der Waals surface area (Å²) in [7, 11) is 0. The van der Waals surface area contributed by atoms with Crippen LogP contribution in [0.15, 0.2) is 60.7 Å². The SMILES string of the molecule is CCCC(Cl)C(Cc1ccccc1)Cc1ccccc1. The number of benzene rings is 2. The fourth-order valence-electron chi connectivity index (χ4n) is 2.67. The molecule has 0 aliphatic heterocycles. The van der Waals surface area contributed by atoms with Crippen LogP contribution < -0.4 is 0 Å². The molecule has 1 unspecified atom stereocenters. The van der Waals surface area contributed by atoms with Crippen molar-refractivity contribution < 1.29 is 0 Å². The first-order valence-corrected chi connectivity index (χ1v) is 7.95. The summed E-state index contributed by atoms with van der Waals surface area (Å²) in [5.41, 5.74) is 2.77. The van der Waals surface area contributed by atoms with Gasteiger partial charge < -0.3 is 0 Å². The second-order valence-corrected chi connectivity index (χ2v) is 6.00. The maximum Gasteiger partial charge on any atom is 0.0370 e. The molecule has 0 N–H and O–H groups in total. The first kappa shape index (κ1) is 15.1. The molecule has 2 aromatic rings. The highest BCUT2D eigenvalue weighted by Gasteiger charge is 2.19. The first-order valence-electron chi connectivity index (χ1n) is 7.51. The molecular weight excluding hydrogens is 264 g/mol. The molecule has 0 aromatic heterocycles. The number of halogens is 1. The van der Waals surface area contributed by atoms with Crippen LogP contribution in [0.5, 0.6) is 0 Å². The number of hydrogen-bond acceptors (Lipinski definition) is 0. The summed E-state index contributed by atoms with van der Waals surface area (Å²) >= 11 is 6.65. The van der Waals surface area contributed by atoms with Crippen molar-refractivity contribution in [1.82, 2.24) is 0 Å². The van der Waals surface area contributed by atoms with Crippen molar-refractivity contribution in [3.8, 4) is 0 Å². The molecule has 0 saturated carbocycles. The van der Waals surface area contributed by atoms with Gasteiger partial charge in [-0.1, -0.05) is 74.0 Å². The quantitative estimate of drug-likeness (QED) is 0.590. The van der Waals surface area contributed by atoms with Crippen LogP contribution in [0.1, 0.15) is 30.9 Å². The maximum absolute atomic E-state index is 6.65. The summed E-state index contributed by atoms with van der Waals surface area (Å²) in [6, 6.07) is 21.4. The van der Waals surface area contributed by atoms with Gasteiger partial charge in [-0.3, -0.25) is 0 Å². The van der Waals surface area contributed by atoms with Crippen LogP contribution in [0.3, 0.4) is 0 Å². The Morgan fingerprint density at radius 2 is 1.25 bits per heavy atom. The normalized spacial score (nSPS) is 12.6. The Balaban J connectivity index is 2.08. The molecule has 2 rings (SSSR count). The van der Waals surface area contributed by atoms with Crippen LogP contribution >= 0.6 is 11.6 Å². The average Bonchev–Trinajstić information content (AvgIpc) is 2.49. The van der Waals surface area contributed by atoms with Crippen molar-refractivity contribution >= 4 is 11.6 Å². The third kappa shape index (κ3) is 4.68. The molecule has 0 nitrogen and oxygen atoms in total. The summed E-state index contributed by atoms with van der Waals surface area (Å²) in [6.07, 6.45) is 4.36. The van der Waals surface area contributed by atoms with E-state index in [4.69, 9.17) is 11.6 Å². The van der Waals surface area contributed by atoms with E-state index in [1.54, 1.807) is 0 Å². The topological polar surface area (TPSA) is 0 Å². The Morgan fingerprint density at radius 1 is 0.800 bits per heavy atom. The minimum Gasteiger partial charge on any atom is -0.123 e. The smallest absolute Gasteiger partial charge is 0.0370 e. The standard InChI is InChI=1S/C19H23Cl/c1-2-9-19(20)18(14-16-10-5-3-6-11-16)15-17-12-7-4-8-13-17/h3-8,10-13,18-19H,2,9,14-15H2,1H3. The van der Waals surface area contributed by atoms with Gasteiger partial charge in [0.15, 0.2) is 0 Å². The van der Waals surface area contributed by atoms with Crippen LogP contribution in [-0.2, 0) is 12.8 Å². The molecule has 0 amide bonds. The molecule has 20 heavy (non-hydrogen) atoms. The zero-order valence-corrected chi connectivity index (χ0v) is 12.9. The number of hydrogen-bond donors (Lipinski definition) is 0. The van der Waals surface area contributed by atoms with E-state index in [9.17, 15) is 0 Å². The molecule has 0 radical (unpaired) electrons. The highest BCUT2D eigenvalue weighted by atomic mass is 35.5. The molecule has 0 saturated heterocycles. The summed E-state index contributed by atoms with van der Waals surface area (Å²) < 4.78 is 0. The molecule has 106 valence electrons. The zero-order chi connectivity index (χ0) is 14.2. The molecule has 1 heteroatoms. The van der Waals surface area contributed by atoms with Crippen molar-refractivity contribution in [2.75, 3.05) is 0 Å². The fraction of sp³-hybridized carbons (Fsp3) is 0.368. The van der Waals surface area contributed by atoms with E-state index < -0.39 is 0 Å². The van der Waals surface area contributed by atoms with Gasteiger partial charge in [-0.15, -0.1) is 11.6 Å². The predicted molar refractivity (Wildman–Crippen MR) is 88.3 cm³/mol. The second-order valence-electron chi connectivity index (χ2n) is 5.44. The highest BCUT2D eigenvalue weighted by molar-refractivity contribution is 6.20. The van der Waals surface area contributed by atoms with Gasteiger partial charge in [0.1, 0.15) is 0 Å². The van der Waals surface area contributed by atoms with Crippen LogP contribution in [-0.4, -0.2) is 5.38 Å². The van der Waals surface area contributed by atoms with E-state index in [1.165, 1.54) is 11.1 Å². The summed E-state index contributed by atoms with van der Waals surface area (Å²) in [4.78, 5) is 0. The molecular formula is C19H23Cl. The summed E-state index contributed by atoms with van der Waals surface area (Å²) in [6.45, 7) is 2.21. The first-order chi connectivity index (χ1) is 9.79. The minimum absolute atomic E-state index is 0.250. The molecule has 0 bridgehead atoms. The van der Waals surface area contributed by atoms with Crippen LogP contribution in [0.4, 0.5) is 0 Å². The molecule has 2 aromatic carbocycles. The van der Waals surface area contributed by atoms with Gasteiger partial charge in [-0.05, 0) is 36.3 Å². The number of alkyl halides is 1. The third-order valence-corrected chi connectivity index (χ3v) is 4.33. The molecule has 0 aliphatic carbocycles. The van der Waals surface area contributed by atoms with Gasteiger partial charge >= 0.3 is 0 Å². The van der Waals surface area contributed by atoms with Crippen molar-refractivity contribution in [2.45, 2.75) is 38.0 Å². The lowest BCUT2D eigenvalue weighted by molar-refractivity contribution is 0.468. The van der Waals surface area contributed by atoms with E-state index in [0.29, 0.717) is 5.92 Å².